The molecule has 2 fully saturated rings. The quantitative estimate of drug-likeness (QED) is 0.479. The molecule has 1 heterocycles. The van der Waals surface area contributed by atoms with Crippen molar-refractivity contribution in [3.05, 3.63) is 70.8 Å². The normalized spacial score (nSPS) is 27.8. The summed E-state index contributed by atoms with van der Waals surface area (Å²) in [5, 5.41) is 23.2. The number of carbonyl (C=O) groups is 1. The second-order valence-corrected chi connectivity index (χ2v) is 11.3. The minimum absolute atomic E-state index is 0.0671. The van der Waals surface area contributed by atoms with E-state index in [1.54, 1.807) is 18.1 Å². The molecule has 3 aliphatic rings. The average molecular weight is 515 g/mol. The van der Waals surface area contributed by atoms with Gasteiger partial charge in [-0.2, -0.15) is 0 Å². The number of aliphatic hydroxyl groups is 1. The van der Waals surface area contributed by atoms with E-state index in [1.807, 2.05) is 44.3 Å². The summed E-state index contributed by atoms with van der Waals surface area (Å²) in [6, 6.07) is 9.45. The molecule has 2 aromatic carbocycles. The lowest BCUT2D eigenvalue weighted by Gasteiger charge is -2.65. The van der Waals surface area contributed by atoms with Gasteiger partial charge in [0.05, 0.1) is 12.7 Å². The Kier molecular flexibility index (Phi) is 6.79. The van der Waals surface area contributed by atoms with Crippen molar-refractivity contribution in [1.82, 2.24) is 9.80 Å². The Bertz CT molecular complexity index is 1340. The zero-order valence-corrected chi connectivity index (χ0v) is 22.9. The van der Waals surface area contributed by atoms with Crippen LogP contribution in [-0.4, -0.2) is 70.9 Å². The first-order chi connectivity index (χ1) is 18.1. The summed E-state index contributed by atoms with van der Waals surface area (Å²) in [6.07, 6.45) is 5.10. The van der Waals surface area contributed by atoms with Crippen LogP contribution < -0.4 is 4.74 Å². The van der Waals surface area contributed by atoms with Crippen LogP contribution in [0, 0.1) is 25.7 Å². The predicted octanol–water partition coefficient (Wildman–Crippen LogP) is 3.87. The molecule has 1 saturated heterocycles. The van der Waals surface area contributed by atoms with E-state index in [1.165, 1.54) is 5.56 Å². The molecule has 200 valence electrons. The maximum atomic E-state index is 13.2. The van der Waals surface area contributed by atoms with Gasteiger partial charge in [0.15, 0.2) is 11.5 Å². The molecule has 4 atom stereocenters. The lowest BCUT2D eigenvalue weighted by atomic mass is 9.48. The molecule has 2 aromatic rings. The van der Waals surface area contributed by atoms with Crippen LogP contribution in [0.4, 0.5) is 0 Å². The van der Waals surface area contributed by atoms with Crippen LogP contribution in [0.5, 0.6) is 11.5 Å². The number of likely N-dealkylation sites (tertiary alicyclic amines) is 1. The summed E-state index contributed by atoms with van der Waals surface area (Å²) in [4.78, 5) is 17.3. The highest BCUT2D eigenvalue weighted by atomic mass is 16.5. The van der Waals surface area contributed by atoms with Crippen molar-refractivity contribution in [3.63, 3.8) is 0 Å². The topological polar surface area (TPSA) is 73.2 Å². The third-order valence-electron chi connectivity index (χ3n) is 9.46. The van der Waals surface area contributed by atoms with Gasteiger partial charge >= 0.3 is 0 Å². The van der Waals surface area contributed by atoms with E-state index in [-0.39, 0.29) is 23.7 Å². The average Bonchev–Trinajstić information content (AvgIpc) is 2.90. The van der Waals surface area contributed by atoms with Gasteiger partial charge in [0.1, 0.15) is 0 Å². The van der Waals surface area contributed by atoms with Crippen LogP contribution in [0.2, 0.25) is 0 Å². The fourth-order valence-electron chi connectivity index (χ4n) is 7.28. The van der Waals surface area contributed by atoms with Crippen molar-refractivity contribution >= 4 is 5.91 Å². The van der Waals surface area contributed by atoms with E-state index in [4.69, 9.17) is 4.74 Å². The van der Waals surface area contributed by atoms with Crippen LogP contribution in [-0.2, 0) is 16.6 Å². The molecule has 1 saturated carbocycles. The van der Waals surface area contributed by atoms with Gasteiger partial charge in [0.25, 0.3) is 5.91 Å². The minimum Gasteiger partial charge on any atom is -0.504 e. The number of phenols is 1. The first kappa shape index (κ1) is 26.3. The monoisotopic (exact) mass is 514 g/mol. The molecule has 6 nitrogen and oxygen atoms in total. The zero-order valence-electron chi connectivity index (χ0n) is 22.9. The molecule has 5 rings (SSSR count). The third-order valence-corrected chi connectivity index (χ3v) is 9.46. The van der Waals surface area contributed by atoms with Crippen molar-refractivity contribution in [2.75, 3.05) is 27.2 Å². The highest BCUT2D eigenvalue weighted by molar-refractivity contribution is 5.94. The fourth-order valence-corrected chi connectivity index (χ4v) is 7.28. The van der Waals surface area contributed by atoms with E-state index in [2.05, 4.69) is 30.2 Å². The Hall–Kier alpha value is -3.27. The highest BCUT2D eigenvalue weighted by Gasteiger charge is 2.66. The van der Waals surface area contributed by atoms with Gasteiger partial charge in [0, 0.05) is 48.1 Å². The first-order valence-electron chi connectivity index (χ1n) is 13.5. The number of piperidine rings is 1. The molecule has 0 radical (unpaired) electrons. The van der Waals surface area contributed by atoms with Gasteiger partial charge in [-0.15, -0.1) is 6.58 Å². The summed E-state index contributed by atoms with van der Waals surface area (Å²) < 4.78 is 5.75. The molecular weight excluding hydrogens is 476 g/mol. The number of rotatable bonds is 4. The Morgan fingerprint density at radius 2 is 2.05 bits per heavy atom. The first-order valence-corrected chi connectivity index (χ1v) is 13.5. The second-order valence-electron chi connectivity index (χ2n) is 11.3. The number of fused-ring (bicyclic) bond motifs is 1. The molecule has 38 heavy (non-hydrogen) atoms. The molecular formula is C32H38N2O4. The number of hydrogen-bond donors (Lipinski definition) is 2. The van der Waals surface area contributed by atoms with Crippen LogP contribution in [0.15, 0.2) is 43.0 Å². The molecule has 1 aliphatic heterocycles. The van der Waals surface area contributed by atoms with Gasteiger partial charge in [-0.25, -0.2) is 0 Å². The van der Waals surface area contributed by atoms with Crippen molar-refractivity contribution in [3.8, 4) is 23.3 Å². The summed E-state index contributed by atoms with van der Waals surface area (Å²) in [6.45, 7) is 9.55. The molecule has 0 unspecified atom stereocenters. The highest BCUT2D eigenvalue weighted by Crippen LogP contribution is 2.61. The maximum Gasteiger partial charge on any atom is 0.298 e. The molecule has 1 amide bonds. The summed E-state index contributed by atoms with van der Waals surface area (Å²) >= 11 is 0. The molecule has 0 spiro atoms. The smallest absolute Gasteiger partial charge is 0.298 e. The van der Waals surface area contributed by atoms with E-state index in [0.717, 1.165) is 28.8 Å². The molecule has 0 aromatic heterocycles. The lowest BCUT2D eigenvalue weighted by Crippen LogP contribution is -2.74. The van der Waals surface area contributed by atoms with Crippen LogP contribution in [0.25, 0.3) is 0 Å². The minimum atomic E-state index is -1.01. The van der Waals surface area contributed by atoms with Crippen LogP contribution in [0.1, 0.15) is 53.5 Å². The van der Waals surface area contributed by atoms with Crippen molar-refractivity contribution < 1.29 is 19.7 Å². The number of aryl methyl sites for hydroxylation is 2. The van der Waals surface area contributed by atoms with E-state index >= 15 is 0 Å². The number of nitrogens with zero attached hydrogens (tertiary/aromatic N) is 2. The Balaban J connectivity index is 1.51. The van der Waals surface area contributed by atoms with Gasteiger partial charge in [0.2, 0.25) is 0 Å². The molecule has 2 N–H and O–H groups in total. The van der Waals surface area contributed by atoms with Crippen molar-refractivity contribution in [2.24, 2.45) is 0 Å². The molecule has 6 heteroatoms. The number of aromatic hydroxyl groups is 1. The van der Waals surface area contributed by atoms with Gasteiger partial charge < -0.3 is 19.8 Å². The van der Waals surface area contributed by atoms with Gasteiger partial charge in [-0.1, -0.05) is 24.1 Å². The van der Waals surface area contributed by atoms with Gasteiger partial charge in [-0.3, -0.25) is 9.69 Å². The summed E-state index contributed by atoms with van der Waals surface area (Å²) in [5.74, 6) is 6.18. The predicted molar refractivity (Wildman–Crippen MR) is 148 cm³/mol. The van der Waals surface area contributed by atoms with Crippen molar-refractivity contribution in [1.29, 1.82) is 0 Å². The Morgan fingerprint density at radius 3 is 2.76 bits per heavy atom. The van der Waals surface area contributed by atoms with Gasteiger partial charge in [-0.05, 0) is 87.4 Å². The number of amides is 1. The van der Waals surface area contributed by atoms with Crippen LogP contribution >= 0.6 is 0 Å². The maximum absolute atomic E-state index is 13.2. The second kappa shape index (κ2) is 9.80. The number of ether oxygens (including phenoxy) is 1. The Morgan fingerprint density at radius 1 is 1.26 bits per heavy atom. The summed E-state index contributed by atoms with van der Waals surface area (Å²) in [7, 11) is 3.39. The van der Waals surface area contributed by atoms with Crippen molar-refractivity contribution in [2.45, 2.75) is 69.1 Å². The number of carbonyl (C=O) groups excluding carboxylic acids is 1. The van der Waals surface area contributed by atoms with E-state index < -0.39 is 11.0 Å². The molecule has 2 aliphatic carbocycles. The third kappa shape index (κ3) is 4.00. The number of benzene rings is 2. The zero-order chi connectivity index (χ0) is 27.2. The number of phenolic OH excluding ortho intramolecular Hbond substituents is 1. The van der Waals surface area contributed by atoms with Crippen LogP contribution in [0.3, 0.4) is 0 Å². The Labute approximate surface area is 225 Å². The van der Waals surface area contributed by atoms with E-state index in [9.17, 15) is 15.0 Å². The SMILES string of the molecule is C=CCN1CC[C@]23C[C@@H](N(C)C(=O)C#Cc4ccc(C)c(C)c4)CC[C@@]2(O)[C@H]1Cc1ccc(O)c(OC)c13. The van der Waals surface area contributed by atoms with E-state index in [0.29, 0.717) is 44.4 Å². The largest absolute Gasteiger partial charge is 0.504 e. The number of methoxy groups -OCH3 is 1. The molecule has 2 bridgehead atoms. The fraction of sp³-hybridized carbons (Fsp3) is 0.469. The lowest BCUT2D eigenvalue weighted by molar-refractivity contribution is -0.175. The number of hydrogen-bond acceptors (Lipinski definition) is 5. The standard InChI is InChI=1S/C32H38N2O4/c1-6-16-34-17-15-31-20-25(33(4)28(36)12-9-23-8-7-21(2)22(3)18-23)13-14-32(31,37)27(34)19-24-10-11-26(35)30(38-5)29(24)31/h6-8,10-11,18,25,27,35,37H,1,13-17,19-20H2,2-5H3/t25-,27+,31+,32+/m0/s1. The summed E-state index contributed by atoms with van der Waals surface area (Å²) in [5.41, 5.74) is 3.51.